The lowest BCUT2D eigenvalue weighted by Crippen LogP contribution is -2.23. The zero-order valence-corrected chi connectivity index (χ0v) is 12.5. The van der Waals surface area contributed by atoms with Crippen LogP contribution in [0.1, 0.15) is 12.5 Å². The van der Waals surface area contributed by atoms with Crippen molar-refractivity contribution in [3.05, 3.63) is 18.5 Å². The fourth-order valence-electron chi connectivity index (χ4n) is 2.67. The van der Waals surface area contributed by atoms with Gasteiger partial charge in [-0.2, -0.15) is 9.97 Å². The summed E-state index contributed by atoms with van der Waals surface area (Å²) in [6, 6.07) is 0.0577. The Hall–Kier alpha value is -2.23. The van der Waals surface area contributed by atoms with Gasteiger partial charge in [-0.15, -0.1) is 0 Å². The molecule has 0 radical (unpaired) electrons. The summed E-state index contributed by atoms with van der Waals surface area (Å²) < 4.78 is 1.90. The molecule has 9 nitrogen and oxygen atoms in total. The number of allylic oxidation sites excluding steroid dienone is 1. The van der Waals surface area contributed by atoms with Gasteiger partial charge in [-0.25, -0.2) is 4.98 Å². The van der Waals surface area contributed by atoms with Crippen LogP contribution in [-0.4, -0.2) is 60.7 Å². The van der Waals surface area contributed by atoms with E-state index >= 15 is 0 Å². The van der Waals surface area contributed by atoms with Crippen molar-refractivity contribution in [1.82, 2.24) is 19.5 Å². The third-order valence-electron chi connectivity index (χ3n) is 3.90. The molecule has 0 bridgehead atoms. The summed E-state index contributed by atoms with van der Waals surface area (Å²) in [6.45, 7) is -0.103. The van der Waals surface area contributed by atoms with E-state index in [1.807, 2.05) is 16.7 Å². The van der Waals surface area contributed by atoms with Crippen molar-refractivity contribution in [2.75, 3.05) is 30.8 Å². The average molecular weight is 320 g/mol. The third kappa shape index (κ3) is 3.11. The zero-order valence-electron chi connectivity index (χ0n) is 12.5. The number of aliphatic hydroxyl groups is 3. The van der Waals surface area contributed by atoms with E-state index in [0.29, 0.717) is 17.0 Å². The van der Waals surface area contributed by atoms with Gasteiger partial charge in [0, 0.05) is 19.1 Å². The van der Waals surface area contributed by atoms with Gasteiger partial charge >= 0.3 is 0 Å². The molecule has 0 amide bonds. The molecule has 3 atom stereocenters. The minimum atomic E-state index is -0.897. The Labute approximate surface area is 132 Å². The highest BCUT2D eigenvalue weighted by Gasteiger charge is 2.23. The lowest BCUT2D eigenvalue weighted by molar-refractivity contribution is 0.105. The molecule has 1 aliphatic carbocycles. The average Bonchev–Trinajstić information content (AvgIpc) is 3.18. The molecule has 23 heavy (non-hydrogen) atoms. The van der Waals surface area contributed by atoms with Gasteiger partial charge < -0.3 is 30.9 Å². The van der Waals surface area contributed by atoms with Crippen LogP contribution >= 0.6 is 0 Å². The molecule has 1 aliphatic rings. The normalized spacial score (nSPS) is 21.9. The van der Waals surface area contributed by atoms with E-state index in [4.69, 9.17) is 10.8 Å². The molecule has 3 unspecified atom stereocenters. The van der Waals surface area contributed by atoms with Crippen LogP contribution in [0.25, 0.3) is 11.2 Å². The standard InChI is InChI=1S/C14H20N6O3/c15-14-18-12(16-4-10(23)6-22)11-13(19-14)20(7-17-11)9-2-1-8(3-9)5-21/h1-2,7-10,21-23H,3-6H2,(H3,15,16,18,19). The van der Waals surface area contributed by atoms with Crippen molar-refractivity contribution in [1.29, 1.82) is 0 Å². The SMILES string of the molecule is Nc1nc(NCC(O)CO)c2ncn(C3C=CC(CO)C3)c2n1. The Bertz CT molecular complexity index is 716. The number of aromatic nitrogens is 4. The maximum Gasteiger partial charge on any atom is 0.224 e. The number of nitrogens with one attached hydrogen (secondary N) is 1. The highest BCUT2D eigenvalue weighted by Crippen LogP contribution is 2.31. The summed E-state index contributed by atoms with van der Waals surface area (Å²) in [5.41, 5.74) is 6.91. The number of hydrogen-bond donors (Lipinski definition) is 5. The van der Waals surface area contributed by atoms with Crippen molar-refractivity contribution in [3.63, 3.8) is 0 Å². The third-order valence-corrected chi connectivity index (χ3v) is 3.90. The van der Waals surface area contributed by atoms with Crippen LogP contribution in [0.3, 0.4) is 0 Å². The summed E-state index contributed by atoms with van der Waals surface area (Å²) in [4.78, 5) is 12.7. The van der Waals surface area contributed by atoms with Gasteiger partial charge in [0.1, 0.15) is 0 Å². The second-order valence-electron chi connectivity index (χ2n) is 5.60. The van der Waals surface area contributed by atoms with Crippen molar-refractivity contribution < 1.29 is 15.3 Å². The fraction of sp³-hybridized carbons (Fsp3) is 0.500. The first-order valence-electron chi connectivity index (χ1n) is 7.44. The van der Waals surface area contributed by atoms with Gasteiger partial charge in [-0.05, 0) is 6.42 Å². The summed E-state index contributed by atoms with van der Waals surface area (Å²) >= 11 is 0. The first kappa shape index (κ1) is 15.7. The van der Waals surface area contributed by atoms with E-state index in [9.17, 15) is 10.2 Å². The van der Waals surface area contributed by atoms with Gasteiger partial charge in [0.25, 0.3) is 0 Å². The predicted octanol–water partition coefficient (Wildman–Crippen LogP) is -0.717. The van der Waals surface area contributed by atoms with Crippen LogP contribution in [0, 0.1) is 5.92 Å². The number of aliphatic hydroxyl groups excluding tert-OH is 3. The maximum absolute atomic E-state index is 9.45. The van der Waals surface area contributed by atoms with Crippen molar-refractivity contribution in [2.24, 2.45) is 5.92 Å². The molecule has 3 rings (SSSR count). The topological polar surface area (TPSA) is 142 Å². The summed E-state index contributed by atoms with van der Waals surface area (Å²) in [5.74, 6) is 0.647. The Morgan fingerprint density at radius 1 is 1.35 bits per heavy atom. The highest BCUT2D eigenvalue weighted by molar-refractivity contribution is 5.84. The predicted molar refractivity (Wildman–Crippen MR) is 84.7 cm³/mol. The molecule has 0 spiro atoms. The molecule has 0 fully saturated rings. The quantitative estimate of drug-likeness (QED) is 0.439. The van der Waals surface area contributed by atoms with Gasteiger partial charge in [-0.1, -0.05) is 12.2 Å². The van der Waals surface area contributed by atoms with Crippen LogP contribution in [0.2, 0.25) is 0 Å². The zero-order chi connectivity index (χ0) is 16.4. The van der Waals surface area contributed by atoms with E-state index < -0.39 is 6.10 Å². The molecule has 2 heterocycles. The Morgan fingerprint density at radius 2 is 2.17 bits per heavy atom. The second-order valence-corrected chi connectivity index (χ2v) is 5.60. The largest absolute Gasteiger partial charge is 0.396 e. The number of fused-ring (bicyclic) bond motifs is 1. The lowest BCUT2D eigenvalue weighted by atomic mass is 10.1. The van der Waals surface area contributed by atoms with Gasteiger partial charge in [0.15, 0.2) is 17.0 Å². The molecule has 9 heteroatoms. The smallest absolute Gasteiger partial charge is 0.224 e. The second kappa shape index (κ2) is 6.49. The maximum atomic E-state index is 9.45. The van der Waals surface area contributed by atoms with Crippen molar-refractivity contribution >= 4 is 22.9 Å². The molecular weight excluding hydrogens is 300 g/mol. The van der Waals surface area contributed by atoms with Crippen LogP contribution in [0.4, 0.5) is 11.8 Å². The summed E-state index contributed by atoms with van der Waals surface area (Å²) in [5, 5.41) is 30.5. The van der Waals surface area contributed by atoms with E-state index in [2.05, 4.69) is 20.3 Å². The minimum Gasteiger partial charge on any atom is -0.396 e. The first-order valence-corrected chi connectivity index (χ1v) is 7.44. The number of nitrogen functional groups attached to an aromatic ring is 1. The van der Waals surface area contributed by atoms with Gasteiger partial charge in [-0.3, -0.25) is 0 Å². The highest BCUT2D eigenvalue weighted by atomic mass is 16.3. The van der Waals surface area contributed by atoms with E-state index in [0.717, 1.165) is 6.42 Å². The van der Waals surface area contributed by atoms with Crippen LogP contribution < -0.4 is 11.1 Å². The van der Waals surface area contributed by atoms with E-state index in [-0.39, 0.29) is 37.7 Å². The number of anilines is 2. The molecule has 0 aliphatic heterocycles. The number of imidazole rings is 1. The van der Waals surface area contributed by atoms with Gasteiger partial charge in [0.05, 0.1) is 25.1 Å². The molecule has 2 aromatic heterocycles. The van der Waals surface area contributed by atoms with Crippen LogP contribution in [0.5, 0.6) is 0 Å². The molecule has 0 saturated carbocycles. The van der Waals surface area contributed by atoms with E-state index in [1.54, 1.807) is 6.33 Å². The molecule has 0 saturated heterocycles. The Morgan fingerprint density at radius 3 is 2.87 bits per heavy atom. The molecular formula is C14H20N6O3. The van der Waals surface area contributed by atoms with Crippen LogP contribution in [0.15, 0.2) is 18.5 Å². The van der Waals surface area contributed by atoms with Crippen LogP contribution in [-0.2, 0) is 0 Å². The number of hydrogen-bond acceptors (Lipinski definition) is 8. The van der Waals surface area contributed by atoms with Crippen molar-refractivity contribution in [2.45, 2.75) is 18.6 Å². The molecule has 6 N–H and O–H groups in total. The number of rotatable bonds is 6. The Kier molecular flexibility index (Phi) is 4.42. The van der Waals surface area contributed by atoms with Crippen molar-refractivity contribution in [3.8, 4) is 0 Å². The fourth-order valence-corrected chi connectivity index (χ4v) is 2.67. The lowest BCUT2D eigenvalue weighted by Gasteiger charge is -2.13. The van der Waals surface area contributed by atoms with Gasteiger partial charge in [0.2, 0.25) is 5.95 Å². The first-order chi connectivity index (χ1) is 11.1. The minimum absolute atomic E-state index is 0.0577. The molecule has 124 valence electrons. The number of nitrogens with zero attached hydrogens (tertiary/aromatic N) is 4. The summed E-state index contributed by atoms with van der Waals surface area (Å²) in [7, 11) is 0. The summed E-state index contributed by atoms with van der Waals surface area (Å²) in [6.07, 6.45) is 5.55. The Balaban J connectivity index is 1.91. The van der Waals surface area contributed by atoms with E-state index in [1.165, 1.54) is 0 Å². The number of nitrogens with two attached hydrogens (primary N) is 1. The molecule has 0 aromatic carbocycles. The molecule has 2 aromatic rings. The monoisotopic (exact) mass is 320 g/mol.